The van der Waals surface area contributed by atoms with Crippen LogP contribution >= 0.6 is 0 Å². The van der Waals surface area contributed by atoms with Crippen LogP contribution in [0.4, 0.5) is 0 Å². The van der Waals surface area contributed by atoms with Crippen LogP contribution in [0.1, 0.15) is 341 Å². The largest absolute Gasteiger partial charge is 0.466 e. The molecule has 0 spiro atoms. The number of carbonyl (C=O) groups is 1. The fourth-order valence-corrected chi connectivity index (χ4v) is 9.18. The van der Waals surface area contributed by atoms with Crippen LogP contribution in [-0.4, -0.2) is 24.3 Å². The summed E-state index contributed by atoms with van der Waals surface area (Å²) in [6.07, 6.45) is 75.5. The number of carbonyl (C=O) groups excluding carboxylic acids is 1. The van der Waals surface area contributed by atoms with Crippen molar-refractivity contribution < 1.29 is 14.6 Å². The molecule has 3 nitrogen and oxygen atoms in total. The van der Waals surface area contributed by atoms with Gasteiger partial charge in [0.1, 0.15) is 0 Å². The molecule has 0 saturated heterocycles. The minimum absolute atomic E-state index is 0.0203. The Hall–Kier alpha value is -0.830. The number of aliphatic hydroxyl groups is 1. The lowest BCUT2D eigenvalue weighted by Crippen LogP contribution is -2.05. The highest BCUT2D eigenvalue weighted by Crippen LogP contribution is 2.18. The number of unbranched alkanes of at least 4 members (excludes halogenated alkanes) is 48. The molecule has 0 aromatic rings. The Kier molecular flexibility index (Phi) is 56.4. The Bertz CT molecular complexity index is 807. The van der Waals surface area contributed by atoms with Crippen molar-refractivity contribution in [2.75, 3.05) is 13.2 Å². The van der Waals surface area contributed by atoms with Crippen molar-refractivity contribution in [1.29, 1.82) is 0 Å². The lowest BCUT2D eigenvalue weighted by atomic mass is 10.0. The van der Waals surface area contributed by atoms with Crippen molar-refractivity contribution in [3.63, 3.8) is 0 Å². The van der Waals surface area contributed by atoms with Crippen LogP contribution in [0.15, 0.2) is 12.2 Å². The standard InChI is InChI=1S/C58H114O3/c1-2-3-4-5-6-7-8-9-34-37-40-43-46-49-52-55-58(60)61-57-54-51-48-45-42-39-36-33-31-29-27-25-23-21-19-17-15-13-11-10-12-14-16-18-20-22-24-26-28-30-32-35-38-41-44-47-50-53-56-59/h9,34,59H,2-8,10-33,35-57H2,1H3/b34-9-. The Morgan fingerprint density at radius 3 is 0.820 bits per heavy atom. The van der Waals surface area contributed by atoms with Crippen molar-refractivity contribution in [2.24, 2.45) is 0 Å². The molecule has 0 aliphatic carbocycles. The van der Waals surface area contributed by atoms with E-state index in [0.29, 0.717) is 19.6 Å². The van der Waals surface area contributed by atoms with E-state index < -0.39 is 0 Å². The number of esters is 1. The van der Waals surface area contributed by atoms with E-state index in [-0.39, 0.29) is 5.97 Å². The third kappa shape index (κ3) is 57.2. The fourth-order valence-electron chi connectivity index (χ4n) is 9.18. The Morgan fingerprint density at radius 1 is 0.311 bits per heavy atom. The Morgan fingerprint density at radius 2 is 0.541 bits per heavy atom. The predicted octanol–water partition coefficient (Wildman–Crippen LogP) is 20.4. The molecule has 364 valence electrons. The molecule has 0 unspecified atom stereocenters. The molecular formula is C58H114O3. The molecule has 0 rings (SSSR count). The zero-order chi connectivity index (χ0) is 43.9. The zero-order valence-electron chi connectivity index (χ0n) is 42.1. The molecule has 0 radical (unpaired) electrons. The van der Waals surface area contributed by atoms with Gasteiger partial charge in [0.15, 0.2) is 0 Å². The van der Waals surface area contributed by atoms with Gasteiger partial charge in [-0.2, -0.15) is 0 Å². The van der Waals surface area contributed by atoms with Gasteiger partial charge in [-0.1, -0.05) is 302 Å². The molecule has 1 N–H and O–H groups in total. The van der Waals surface area contributed by atoms with Crippen LogP contribution in [0, 0.1) is 0 Å². The Balaban J connectivity index is 3.14. The number of aliphatic hydroxyl groups excluding tert-OH is 1. The minimum atomic E-state index is 0.0203. The van der Waals surface area contributed by atoms with Gasteiger partial charge < -0.3 is 9.84 Å². The second-order valence-corrected chi connectivity index (χ2v) is 19.7. The van der Waals surface area contributed by atoms with Crippen molar-refractivity contribution in [2.45, 2.75) is 341 Å². The smallest absolute Gasteiger partial charge is 0.305 e. The van der Waals surface area contributed by atoms with Crippen molar-refractivity contribution in [1.82, 2.24) is 0 Å². The molecule has 0 aliphatic heterocycles. The summed E-state index contributed by atoms with van der Waals surface area (Å²) in [7, 11) is 0. The summed E-state index contributed by atoms with van der Waals surface area (Å²) in [6.45, 7) is 3.28. The van der Waals surface area contributed by atoms with Gasteiger partial charge in [0, 0.05) is 13.0 Å². The van der Waals surface area contributed by atoms with Gasteiger partial charge in [-0.3, -0.25) is 4.79 Å². The van der Waals surface area contributed by atoms with E-state index in [2.05, 4.69) is 19.1 Å². The third-order valence-electron chi connectivity index (χ3n) is 13.5. The Labute approximate surface area is 385 Å². The van der Waals surface area contributed by atoms with Crippen LogP contribution in [0.5, 0.6) is 0 Å². The summed E-state index contributed by atoms with van der Waals surface area (Å²) >= 11 is 0. The zero-order valence-corrected chi connectivity index (χ0v) is 42.1. The molecule has 3 heteroatoms. The molecule has 61 heavy (non-hydrogen) atoms. The third-order valence-corrected chi connectivity index (χ3v) is 13.5. The highest BCUT2D eigenvalue weighted by atomic mass is 16.5. The molecule has 0 atom stereocenters. The molecule has 0 saturated carbocycles. The van der Waals surface area contributed by atoms with Gasteiger partial charge in [-0.15, -0.1) is 0 Å². The first-order valence-corrected chi connectivity index (χ1v) is 28.7. The number of rotatable bonds is 55. The number of hydrogen-bond acceptors (Lipinski definition) is 3. The first kappa shape index (κ1) is 60.2. The number of ether oxygens (including phenoxy) is 1. The average Bonchev–Trinajstić information content (AvgIpc) is 3.27. The SMILES string of the molecule is CCCCCCCC/C=C\CCCCCCCC(=O)OCCCCCCCCCCCCCCCCCCCCCCCCCCCCCCCCCCCCCCCCO. The number of allylic oxidation sites excluding steroid dienone is 2. The van der Waals surface area contributed by atoms with Gasteiger partial charge in [-0.25, -0.2) is 0 Å². The van der Waals surface area contributed by atoms with E-state index in [1.807, 2.05) is 0 Å². The summed E-state index contributed by atoms with van der Waals surface area (Å²) < 4.78 is 5.49. The van der Waals surface area contributed by atoms with Crippen LogP contribution in [0.25, 0.3) is 0 Å². The van der Waals surface area contributed by atoms with E-state index in [1.165, 1.54) is 302 Å². The molecule has 0 aromatic carbocycles. The molecule has 0 heterocycles. The lowest BCUT2D eigenvalue weighted by Gasteiger charge is -2.06. The second-order valence-electron chi connectivity index (χ2n) is 19.7. The maximum absolute atomic E-state index is 12.0. The molecule has 0 aromatic heterocycles. The van der Waals surface area contributed by atoms with Gasteiger partial charge in [0.05, 0.1) is 6.61 Å². The fraction of sp³-hybridized carbons (Fsp3) is 0.948. The number of hydrogen-bond donors (Lipinski definition) is 1. The summed E-state index contributed by atoms with van der Waals surface area (Å²) in [5.41, 5.74) is 0. The minimum Gasteiger partial charge on any atom is -0.466 e. The monoisotopic (exact) mass is 859 g/mol. The molecule has 0 amide bonds. The van der Waals surface area contributed by atoms with Crippen LogP contribution in [0.3, 0.4) is 0 Å². The van der Waals surface area contributed by atoms with E-state index >= 15 is 0 Å². The van der Waals surface area contributed by atoms with Crippen LogP contribution < -0.4 is 0 Å². The quantitative estimate of drug-likeness (QED) is 0.0377. The summed E-state index contributed by atoms with van der Waals surface area (Å²) in [5, 5.41) is 8.83. The normalized spacial score (nSPS) is 11.7. The molecule has 0 fully saturated rings. The van der Waals surface area contributed by atoms with Gasteiger partial charge in [0.25, 0.3) is 0 Å². The summed E-state index contributed by atoms with van der Waals surface area (Å²) in [5.74, 6) is 0.0203. The van der Waals surface area contributed by atoms with E-state index in [1.54, 1.807) is 0 Å². The van der Waals surface area contributed by atoms with Crippen LogP contribution in [0.2, 0.25) is 0 Å². The summed E-state index contributed by atoms with van der Waals surface area (Å²) in [6, 6.07) is 0. The first-order valence-electron chi connectivity index (χ1n) is 28.7. The lowest BCUT2D eigenvalue weighted by molar-refractivity contribution is -0.143. The van der Waals surface area contributed by atoms with Gasteiger partial charge in [-0.05, 0) is 44.9 Å². The molecule has 0 aliphatic rings. The molecular weight excluding hydrogens is 745 g/mol. The van der Waals surface area contributed by atoms with Crippen molar-refractivity contribution in [3.8, 4) is 0 Å². The second kappa shape index (κ2) is 57.2. The van der Waals surface area contributed by atoms with Crippen molar-refractivity contribution in [3.05, 3.63) is 12.2 Å². The molecule has 0 bridgehead atoms. The van der Waals surface area contributed by atoms with Crippen molar-refractivity contribution >= 4 is 5.97 Å². The highest BCUT2D eigenvalue weighted by molar-refractivity contribution is 5.69. The summed E-state index contributed by atoms with van der Waals surface area (Å²) in [4.78, 5) is 12.0. The maximum Gasteiger partial charge on any atom is 0.305 e. The van der Waals surface area contributed by atoms with E-state index in [0.717, 1.165) is 25.7 Å². The van der Waals surface area contributed by atoms with Gasteiger partial charge in [0.2, 0.25) is 0 Å². The topological polar surface area (TPSA) is 46.5 Å². The highest BCUT2D eigenvalue weighted by Gasteiger charge is 2.03. The van der Waals surface area contributed by atoms with E-state index in [9.17, 15) is 4.79 Å². The van der Waals surface area contributed by atoms with E-state index in [4.69, 9.17) is 9.84 Å². The average molecular weight is 860 g/mol. The first-order chi connectivity index (χ1) is 30.3. The maximum atomic E-state index is 12.0. The predicted molar refractivity (Wildman–Crippen MR) is 273 cm³/mol. The van der Waals surface area contributed by atoms with Crippen LogP contribution in [-0.2, 0) is 9.53 Å². The van der Waals surface area contributed by atoms with Gasteiger partial charge >= 0.3 is 5.97 Å².